The van der Waals surface area contributed by atoms with Crippen molar-refractivity contribution in [1.29, 1.82) is 0 Å². The number of aliphatic hydroxyl groups excluding tert-OH is 1. The second-order valence-electron chi connectivity index (χ2n) is 15.7. The Balaban J connectivity index is 1.07. The second kappa shape index (κ2) is 23.2. The molecule has 6 aromatic rings. The predicted molar refractivity (Wildman–Crippen MR) is 238 cm³/mol. The number of esters is 2. The number of ether oxygens (including phenoxy) is 9. The van der Waals surface area contributed by atoms with Gasteiger partial charge in [0.2, 0.25) is 0 Å². The number of benzene rings is 6. The maximum Gasteiger partial charge on any atom is 0.338 e. The number of rotatable bonds is 20. The fourth-order valence-corrected chi connectivity index (χ4v) is 7.71. The van der Waals surface area contributed by atoms with Crippen LogP contribution in [0.1, 0.15) is 43.0 Å². The molecule has 0 spiro atoms. The topological polar surface area (TPSA) is 137 Å². The van der Waals surface area contributed by atoms with Crippen molar-refractivity contribution >= 4 is 11.9 Å². The van der Waals surface area contributed by atoms with E-state index in [4.69, 9.17) is 42.6 Å². The zero-order valence-corrected chi connectivity index (χ0v) is 35.7. The van der Waals surface area contributed by atoms with Gasteiger partial charge in [0.05, 0.1) is 44.2 Å². The minimum absolute atomic E-state index is 0.113. The van der Waals surface area contributed by atoms with Crippen LogP contribution >= 0.6 is 0 Å². The molecule has 12 heteroatoms. The van der Waals surface area contributed by atoms with Gasteiger partial charge in [0.15, 0.2) is 18.7 Å². The van der Waals surface area contributed by atoms with Gasteiger partial charge in [-0.05, 0) is 46.5 Å². The van der Waals surface area contributed by atoms with E-state index in [1.165, 1.54) is 0 Å². The third kappa shape index (κ3) is 12.6. The Hall–Kier alpha value is -6.06. The van der Waals surface area contributed by atoms with Crippen LogP contribution in [0.3, 0.4) is 0 Å². The molecular weight excluding hydrogens is 829 g/mol. The van der Waals surface area contributed by atoms with E-state index in [1.807, 2.05) is 121 Å². The first-order valence-corrected chi connectivity index (χ1v) is 21.7. The van der Waals surface area contributed by atoms with Gasteiger partial charge < -0.3 is 47.7 Å². The Morgan fingerprint density at radius 3 is 1.26 bits per heavy atom. The molecule has 2 aliphatic heterocycles. The molecule has 2 heterocycles. The molecule has 0 aliphatic carbocycles. The normalized spacial score (nSPS) is 24.0. The van der Waals surface area contributed by atoms with Gasteiger partial charge in [-0.2, -0.15) is 0 Å². The molecule has 6 aromatic carbocycles. The van der Waals surface area contributed by atoms with Crippen LogP contribution in [0, 0.1) is 0 Å². The molecule has 0 radical (unpaired) electrons. The molecule has 2 aliphatic rings. The highest BCUT2D eigenvalue weighted by atomic mass is 16.7. The summed E-state index contributed by atoms with van der Waals surface area (Å²) in [6.07, 6.45) is -9.37. The first-order chi connectivity index (χ1) is 32.0. The third-order valence-corrected chi connectivity index (χ3v) is 11.1. The molecule has 0 amide bonds. The Morgan fingerprint density at radius 1 is 0.400 bits per heavy atom. The van der Waals surface area contributed by atoms with Gasteiger partial charge >= 0.3 is 11.9 Å². The first-order valence-electron chi connectivity index (χ1n) is 21.7. The molecule has 0 saturated carbocycles. The molecule has 12 nitrogen and oxygen atoms in total. The Bertz CT molecular complexity index is 2320. The molecule has 0 bridgehead atoms. The minimum atomic E-state index is -1.45. The average molecular weight is 881 g/mol. The van der Waals surface area contributed by atoms with Crippen LogP contribution in [0.15, 0.2) is 182 Å². The summed E-state index contributed by atoms with van der Waals surface area (Å²) >= 11 is 0. The van der Waals surface area contributed by atoms with Crippen molar-refractivity contribution in [3.05, 3.63) is 215 Å². The summed E-state index contributed by atoms with van der Waals surface area (Å²) in [5.41, 5.74) is 4.24. The number of hydrogen-bond acceptors (Lipinski definition) is 12. The summed E-state index contributed by atoms with van der Waals surface area (Å²) < 4.78 is 57.7. The van der Waals surface area contributed by atoms with E-state index < -0.39 is 67.2 Å². The van der Waals surface area contributed by atoms with Crippen LogP contribution in [-0.4, -0.2) is 85.6 Å². The predicted octanol–water partition coefficient (Wildman–Crippen LogP) is 7.87. The summed E-state index contributed by atoms with van der Waals surface area (Å²) in [7, 11) is 0. The zero-order valence-electron chi connectivity index (χ0n) is 35.7. The lowest BCUT2D eigenvalue weighted by Crippen LogP contribution is -2.61. The number of aliphatic hydroxyl groups is 1. The largest absolute Gasteiger partial charge is 0.459 e. The van der Waals surface area contributed by atoms with E-state index >= 15 is 0 Å². The van der Waals surface area contributed by atoms with Crippen molar-refractivity contribution < 1.29 is 57.3 Å². The van der Waals surface area contributed by atoms with Crippen LogP contribution in [0.25, 0.3) is 0 Å². The van der Waals surface area contributed by atoms with E-state index in [0.29, 0.717) is 11.1 Å². The highest BCUT2D eigenvalue weighted by Crippen LogP contribution is 2.34. The van der Waals surface area contributed by atoms with Crippen LogP contribution in [0.5, 0.6) is 0 Å². The third-order valence-electron chi connectivity index (χ3n) is 11.1. The van der Waals surface area contributed by atoms with Gasteiger partial charge in [-0.1, -0.05) is 158 Å². The van der Waals surface area contributed by atoms with Crippen LogP contribution in [-0.2, 0) is 69.1 Å². The zero-order chi connectivity index (χ0) is 44.6. The number of carbonyl (C=O) groups is 2. The van der Waals surface area contributed by atoms with Crippen molar-refractivity contribution in [2.45, 2.75) is 81.7 Å². The fraction of sp³-hybridized carbons (Fsp3) is 0.283. The second-order valence-corrected chi connectivity index (χ2v) is 15.7. The SMILES string of the molecule is O=C(OC[C@H]1O[C@H](OC[C@H]2O[C@H](O)[C@H](OCc3ccccc3)[C@@H](OCc3ccccc3)[C@@H]2OCc2ccccc2)[C@@H](OCc2ccccc2)[C@@H]1OC(=O)c1ccccc1)c1ccccc1. The van der Waals surface area contributed by atoms with E-state index in [-0.39, 0.29) is 39.6 Å². The maximum absolute atomic E-state index is 13.7. The van der Waals surface area contributed by atoms with Gasteiger partial charge in [-0.15, -0.1) is 0 Å². The lowest BCUT2D eigenvalue weighted by molar-refractivity contribution is -0.323. The van der Waals surface area contributed by atoms with Gasteiger partial charge in [-0.3, -0.25) is 0 Å². The molecule has 2 saturated heterocycles. The average Bonchev–Trinajstić information content (AvgIpc) is 3.69. The summed E-state index contributed by atoms with van der Waals surface area (Å²) in [5, 5.41) is 11.7. The van der Waals surface area contributed by atoms with Gasteiger partial charge in [0.1, 0.15) is 43.2 Å². The molecule has 9 atom stereocenters. The summed E-state index contributed by atoms with van der Waals surface area (Å²) in [6.45, 7) is 0.192. The fourth-order valence-electron chi connectivity index (χ4n) is 7.71. The number of hydrogen-bond donors (Lipinski definition) is 1. The van der Waals surface area contributed by atoms with Gasteiger partial charge in [-0.25, -0.2) is 9.59 Å². The summed E-state index contributed by atoms with van der Waals surface area (Å²) in [5.74, 6) is -1.21. The van der Waals surface area contributed by atoms with Crippen molar-refractivity contribution in [3.8, 4) is 0 Å². The number of carbonyl (C=O) groups excluding carboxylic acids is 2. The maximum atomic E-state index is 13.7. The minimum Gasteiger partial charge on any atom is -0.459 e. The van der Waals surface area contributed by atoms with Crippen LogP contribution < -0.4 is 0 Å². The van der Waals surface area contributed by atoms with Crippen molar-refractivity contribution in [2.24, 2.45) is 0 Å². The van der Waals surface area contributed by atoms with E-state index in [9.17, 15) is 14.7 Å². The Morgan fingerprint density at radius 2 is 0.785 bits per heavy atom. The van der Waals surface area contributed by atoms with Gasteiger partial charge in [0, 0.05) is 0 Å². The van der Waals surface area contributed by atoms with Gasteiger partial charge in [0.25, 0.3) is 0 Å². The highest BCUT2D eigenvalue weighted by molar-refractivity contribution is 5.90. The van der Waals surface area contributed by atoms with E-state index in [2.05, 4.69) is 0 Å². The molecular formula is C53H52O12. The smallest absolute Gasteiger partial charge is 0.338 e. The van der Waals surface area contributed by atoms with Crippen LogP contribution in [0.4, 0.5) is 0 Å². The quantitative estimate of drug-likeness (QED) is 0.0748. The first kappa shape index (κ1) is 45.5. The van der Waals surface area contributed by atoms with Crippen molar-refractivity contribution in [1.82, 2.24) is 0 Å². The monoisotopic (exact) mass is 880 g/mol. The summed E-state index contributed by atoms with van der Waals surface area (Å²) in [6, 6.07) is 55.7. The molecule has 65 heavy (non-hydrogen) atoms. The van der Waals surface area contributed by atoms with E-state index in [0.717, 1.165) is 22.3 Å². The lowest BCUT2D eigenvalue weighted by atomic mass is 9.98. The lowest BCUT2D eigenvalue weighted by Gasteiger charge is -2.44. The molecule has 0 unspecified atom stereocenters. The Labute approximate surface area is 378 Å². The van der Waals surface area contributed by atoms with Crippen LogP contribution in [0.2, 0.25) is 0 Å². The molecule has 8 rings (SSSR count). The molecule has 0 aromatic heterocycles. The van der Waals surface area contributed by atoms with Crippen molar-refractivity contribution in [2.75, 3.05) is 13.2 Å². The van der Waals surface area contributed by atoms with E-state index in [1.54, 1.807) is 60.7 Å². The summed E-state index contributed by atoms with van der Waals surface area (Å²) in [4.78, 5) is 26.9. The highest BCUT2D eigenvalue weighted by Gasteiger charge is 2.52. The molecule has 1 N–H and O–H groups in total. The molecule has 336 valence electrons. The standard InChI is InChI=1S/C53H52O12/c54-50(41-27-15-5-16-28-41)61-35-44-46(65-51(55)42-29-17-6-18-30-42)49(60-34-40-25-13-4-14-26-40)53(64-44)62-36-43-45(57-31-37-19-7-1-8-20-37)47(58-32-38-21-9-2-10-22-38)48(52(56)63-43)59-33-39-23-11-3-12-24-39/h1-30,43-49,52-53,56H,31-36H2/t43-,44-,45-,46-,47+,48-,49+,52+,53+/m1/s1. The Kier molecular flexibility index (Phi) is 16.3. The molecule has 2 fully saturated rings. The van der Waals surface area contributed by atoms with Crippen molar-refractivity contribution in [3.63, 3.8) is 0 Å².